The van der Waals surface area contributed by atoms with Crippen molar-refractivity contribution in [2.75, 3.05) is 26.6 Å². The number of anilines is 1. The number of hydrogen-bond acceptors (Lipinski definition) is 11. The predicted octanol–water partition coefficient (Wildman–Crippen LogP) is 0.548. The zero-order valence-electron chi connectivity index (χ0n) is 20.3. The van der Waals surface area contributed by atoms with E-state index in [-0.39, 0.29) is 36.8 Å². The van der Waals surface area contributed by atoms with Crippen molar-refractivity contribution in [3.05, 3.63) is 12.7 Å². The Kier molecular flexibility index (Phi) is 8.87. The first-order chi connectivity index (χ1) is 17.0. The molecule has 2 aromatic rings. The van der Waals surface area contributed by atoms with Gasteiger partial charge in [-0.25, -0.2) is 15.0 Å². The van der Waals surface area contributed by atoms with Crippen LogP contribution in [0, 0.1) is 0 Å². The first-order valence-corrected chi connectivity index (χ1v) is 12.2. The lowest BCUT2D eigenvalue weighted by Crippen LogP contribution is -2.43. The minimum atomic E-state index is -0.990. The summed E-state index contributed by atoms with van der Waals surface area (Å²) >= 11 is 0. The Bertz CT molecular complexity index is 946. The quantitative estimate of drug-likeness (QED) is 0.442. The number of methoxy groups -OCH3 is 2. The van der Waals surface area contributed by atoms with E-state index in [0.717, 1.165) is 44.9 Å². The van der Waals surface area contributed by atoms with Gasteiger partial charge >= 0.3 is 0 Å². The summed E-state index contributed by atoms with van der Waals surface area (Å²) < 4.78 is 24.4. The average molecular weight is 496 g/mol. The number of nitrogens with two attached hydrogens (primary N) is 1. The van der Waals surface area contributed by atoms with Crippen LogP contribution in [0.25, 0.3) is 11.2 Å². The van der Waals surface area contributed by atoms with Gasteiger partial charge in [0.2, 0.25) is 0 Å². The van der Waals surface area contributed by atoms with Crippen molar-refractivity contribution in [2.24, 2.45) is 0 Å². The molecule has 2 aromatic heterocycles. The van der Waals surface area contributed by atoms with E-state index < -0.39 is 24.5 Å². The number of imidazole rings is 1. The van der Waals surface area contributed by atoms with E-state index in [9.17, 15) is 10.2 Å². The van der Waals surface area contributed by atoms with Crippen LogP contribution in [0.1, 0.15) is 51.2 Å². The van der Waals surface area contributed by atoms with Crippen molar-refractivity contribution in [1.29, 1.82) is 0 Å². The summed E-state index contributed by atoms with van der Waals surface area (Å²) in [5.41, 5.74) is 6.80. The molecule has 2 saturated carbocycles. The van der Waals surface area contributed by atoms with Crippen LogP contribution in [0.3, 0.4) is 0 Å². The van der Waals surface area contributed by atoms with Crippen LogP contribution in [-0.4, -0.2) is 98.4 Å². The molecular formula is C23H37N5O7. The second-order valence-electron chi connectivity index (χ2n) is 9.29. The minimum absolute atomic E-state index is 0.0303. The Morgan fingerprint density at radius 1 is 1.00 bits per heavy atom. The highest BCUT2D eigenvalue weighted by molar-refractivity contribution is 5.81. The molecule has 0 aromatic carbocycles. The second-order valence-corrected chi connectivity index (χ2v) is 9.29. The topological polar surface area (TPSA) is 167 Å². The van der Waals surface area contributed by atoms with Crippen LogP contribution < -0.4 is 5.73 Å². The van der Waals surface area contributed by atoms with E-state index in [1.54, 1.807) is 18.8 Å². The van der Waals surface area contributed by atoms with Crippen molar-refractivity contribution in [2.45, 2.75) is 93.9 Å². The number of nitrogen functional groups attached to an aromatic ring is 1. The molecule has 1 aliphatic heterocycles. The summed E-state index contributed by atoms with van der Waals surface area (Å²) in [5, 5.41) is 29.4. The smallest absolute Gasteiger partial charge is 0.167 e. The number of aliphatic hydroxyl groups excluding tert-OH is 3. The molecular weight excluding hydrogens is 458 g/mol. The zero-order chi connectivity index (χ0) is 24.9. The SMILES string of the molecule is CO[C@@H]1CCCC[C@H]1O[C@@H]1[C@H](O)[C@@H](CO)O[C@H]1n1cnc2c(N)ncnc21.CO[C@@H]1CCC[C@H]1O. The zero-order valence-corrected chi connectivity index (χ0v) is 20.3. The van der Waals surface area contributed by atoms with Crippen molar-refractivity contribution < 1.29 is 34.3 Å². The lowest BCUT2D eigenvalue weighted by Gasteiger charge is -2.34. The maximum absolute atomic E-state index is 10.7. The van der Waals surface area contributed by atoms with Gasteiger partial charge in [0, 0.05) is 14.2 Å². The van der Waals surface area contributed by atoms with Crippen molar-refractivity contribution in [1.82, 2.24) is 19.5 Å². The summed E-state index contributed by atoms with van der Waals surface area (Å²) in [4.78, 5) is 12.4. The maximum atomic E-state index is 10.7. The van der Waals surface area contributed by atoms with Crippen LogP contribution >= 0.6 is 0 Å². The van der Waals surface area contributed by atoms with Gasteiger partial charge in [-0.2, -0.15) is 0 Å². The van der Waals surface area contributed by atoms with Crippen LogP contribution in [0.15, 0.2) is 12.7 Å². The lowest BCUT2D eigenvalue weighted by atomic mass is 9.94. The third-order valence-corrected chi connectivity index (χ3v) is 7.15. The molecule has 8 atom stereocenters. The molecule has 0 amide bonds. The van der Waals surface area contributed by atoms with Gasteiger partial charge in [0.05, 0.1) is 37.4 Å². The number of ether oxygens (including phenoxy) is 4. The molecule has 3 fully saturated rings. The third-order valence-electron chi connectivity index (χ3n) is 7.15. The van der Waals surface area contributed by atoms with E-state index in [4.69, 9.17) is 29.8 Å². The van der Waals surface area contributed by atoms with Crippen molar-refractivity contribution in [3.63, 3.8) is 0 Å². The highest BCUT2D eigenvalue weighted by Crippen LogP contribution is 2.36. The molecule has 2 aliphatic carbocycles. The molecule has 3 heterocycles. The second kappa shape index (κ2) is 11.9. The third kappa shape index (κ3) is 5.58. The summed E-state index contributed by atoms with van der Waals surface area (Å²) in [6.07, 6.45) is 6.43. The van der Waals surface area contributed by atoms with Gasteiger partial charge < -0.3 is 40.0 Å². The van der Waals surface area contributed by atoms with E-state index in [0.29, 0.717) is 11.2 Å². The minimum Gasteiger partial charge on any atom is -0.394 e. The Morgan fingerprint density at radius 3 is 2.34 bits per heavy atom. The molecule has 0 bridgehead atoms. The fourth-order valence-electron chi connectivity index (χ4n) is 5.17. The van der Waals surface area contributed by atoms with E-state index in [1.807, 2.05) is 0 Å². The molecule has 0 radical (unpaired) electrons. The number of rotatable bonds is 6. The number of nitrogens with zero attached hydrogens (tertiary/aromatic N) is 4. The Hall–Kier alpha value is -1.93. The Labute approximate surface area is 204 Å². The van der Waals surface area contributed by atoms with Crippen LogP contribution in [-0.2, 0) is 18.9 Å². The molecule has 196 valence electrons. The lowest BCUT2D eigenvalue weighted by molar-refractivity contribution is -0.149. The van der Waals surface area contributed by atoms with Gasteiger partial charge in [0.1, 0.15) is 30.2 Å². The largest absolute Gasteiger partial charge is 0.394 e. The summed E-state index contributed by atoms with van der Waals surface area (Å²) in [6, 6.07) is 0. The van der Waals surface area contributed by atoms with Crippen LogP contribution in [0.2, 0.25) is 0 Å². The molecule has 5 rings (SSSR count). The molecule has 12 nitrogen and oxygen atoms in total. The highest BCUT2D eigenvalue weighted by atomic mass is 16.6. The van der Waals surface area contributed by atoms with Gasteiger partial charge in [0.25, 0.3) is 0 Å². The summed E-state index contributed by atoms with van der Waals surface area (Å²) in [6.45, 7) is -0.320. The molecule has 3 aliphatic rings. The molecule has 0 unspecified atom stereocenters. The van der Waals surface area contributed by atoms with Crippen molar-refractivity contribution >= 4 is 17.0 Å². The van der Waals surface area contributed by atoms with E-state index in [2.05, 4.69) is 15.0 Å². The van der Waals surface area contributed by atoms with Gasteiger partial charge in [-0.1, -0.05) is 12.8 Å². The maximum Gasteiger partial charge on any atom is 0.167 e. The molecule has 5 N–H and O–H groups in total. The molecule has 1 saturated heterocycles. The van der Waals surface area contributed by atoms with Gasteiger partial charge in [-0.05, 0) is 32.1 Å². The number of hydrogen-bond donors (Lipinski definition) is 4. The fourth-order valence-corrected chi connectivity index (χ4v) is 5.17. The van der Waals surface area contributed by atoms with E-state index in [1.165, 1.54) is 12.7 Å². The summed E-state index contributed by atoms with van der Waals surface area (Å²) in [5.74, 6) is 0.264. The predicted molar refractivity (Wildman–Crippen MR) is 125 cm³/mol. The van der Waals surface area contributed by atoms with Crippen LogP contribution in [0.5, 0.6) is 0 Å². The number of aromatic nitrogens is 4. The summed E-state index contributed by atoms with van der Waals surface area (Å²) in [7, 11) is 3.32. The molecule has 0 spiro atoms. The monoisotopic (exact) mass is 495 g/mol. The van der Waals surface area contributed by atoms with Gasteiger partial charge in [-0.15, -0.1) is 0 Å². The standard InChI is InChI=1S/C17H25N5O5.C6H12O2/c1-25-9-4-2-3-5-10(9)26-14-13(24)11(6-23)27-17(14)22-8-21-12-15(18)19-7-20-16(12)22;1-8-6-4-2-3-5(6)7/h7-11,13-14,17,23-24H,2-6H2,1H3,(H2,18,19,20);5-7H,2-4H2,1H3/t9-,10-,11-,13-,14-,17-;5-,6-/m11/s1. The van der Waals surface area contributed by atoms with Gasteiger partial charge in [-0.3, -0.25) is 4.57 Å². The average Bonchev–Trinajstić information content (AvgIpc) is 3.58. The first-order valence-electron chi connectivity index (χ1n) is 12.2. The number of aliphatic hydroxyl groups is 3. The highest BCUT2D eigenvalue weighted by Gasteiger charge is 2.47. The number of fused-ring (bicyclic) bond motifs is 1. The molecule has 35 heavy (non-hydrogen) atoms. The first kappa shape index (κ1) is 26.1. The Balaban J connectivity index is 0.000000308. The van der Waals surface area contributed by atoms with Crippen LogP contribution in [0.4, 0.5) is 5.82 Å². The molecule has 12 heteroatoms. The fraction of sp³-hybridized carbons (Fsp3) is 0.783. The van der Waals surface area contributed by atoms with Crippen molar-refractivity contribution in [3.8, 4) is 0 Å². The van der Waals surface area contributed by atoms with E-state index >= 15 is 0 Å². The van der Waals surface area contributed by atoms with Gasteiger partial charge in [0.15, 0.2) is 17.7 Å². The Morgan fingerprint density at radius 2 is 1.71 bits per heavy atom. The normalized spacial score (nSPS) is 35.2.